The Morgan fingerprint density at radius 2 is 1.82 bits per heavy atom. The summed E-state index contributed by atoms with van der Waals surface area (Å²) in [5.41, 5.74) is 3.95. The molecule has 0 spiro atoms. The monoisotopic (exact) mass is 235 g/mol. The first-order chi connectivity index (χ1) is 7.72. The number of rotatable bonds is 5. The molecule has 0 saturated heterocycles. The molecule has 1 atom stereocenters. The van der Waals surface area contributed by atoms with E-state index in [1.807, 2.05) is 0 Å². The van der Waals surface area contributed by atoms with Gasteiger partial charge in [-0.1, -0.05) is 31.2 Å². The maximum Gasteiger partial charge on any atom is 0.0286 e. The zero-order valence-corrected chi connectivity index (χ0v) is 12.6. The molecule has 0 aromatic carbocycles. The van der Waals surface area contributed by atoms with E-state index in [1.54, 1.807) is 0 Å². The van der Waals surface area contributed by atoms with Crippen LogP contribution in [-0.4, -0.2) is 5.54 Å². The lowest BCUT2D eigenvalue weighted by atomic mass is 9.89. The standard InChI is InChI=1S/C16H29N/c1-9-11-15(12(3)4)14(10-2)13(5)17-16(6,7)8/h9,11,14,17H,5,10H2,1-4,6-8H3/b11-9-. The van der Waals surface area contributed by atoms with Gasteiger partial charge in [0.15, 0.2) is 0 Å². The third-order valence-electron chi connectivity index (χ3n) is 2.66. The van der Waals surface area contributed by atoms with E-state index < -0.39 is 0 Å². The van der Waals surface area contributed by atoms with Crippen LogP contribution in [0.5, 0.6) is 0 Å². The molecule has 1 N–H and O–H groups in total. The molecule has 0 aromatic heterocycles. The number of hydrogen-bond acceptors (Lipinski definition) is 1. The minimum absolute atomic E-state index is 0.0766. The van der Waals surface area contributed by atoms with Crippen LogP contribution in [0, 0.1) is 5.92 Å². The van der Waals surface area contributed by atoms with Gasteiger partial charge in [0, 0.05) is 17.2 Å². The lowest BCUT2D eigenvalue weighted by molar-refractivity contribution is 0.442. The van der Waals surface area contributed by atoms with Gasteiger partial charge in [0.2, 0.25) is 0 Å². The third-order valence-corrected chi connectivity index (χ3v) is 2.66. The molecule has 0 heterocycles. The predicted octanol–water partition coefficient (Wildman–Crippen LogP) is 4.83. The molecular formula is C16H29N. The van der Waals surface area contributed by atoms with Crippen molar-refractivity contribution >= 4 is 0 Å². The molecule has 98 valence electrons. The zero-order chi connectivity index (χ0) is 13.6. The maximum absolute atomic E-state index is 4.22. The molecule has 0 bridgehead atoms. The molecule has 0 aromatic rings. The van der Waals surface area contributed by atoms with Crippen molar-refractivity contribution in [1.82, 2.24) is 5.32 Å². The van der Waals surface area contributed by atoms with Crippen LogP contribution < -0.4 is 5.32 Å². The highest BCUT2D eigenvalue weighted by atomic mass is 15.0. The Morgan fingerprint density at radius 1 is 1.29 bits per heavy atom. The lowest BCUT2D eigenvalue weighted by Gasteiger charge is -2.29. The van der Waals surface area contributed by atoms with Gasteiger partial charge in [0.05, 0.1) is 0 Å². The smallest absolute Gasteiger partial charge is 0.0286 e. The molecule has 0 saturated carbocycles. The second-order valence-corrected chi connectivity index (χ2v) is 5.82. The van der Waals surface area contributed by atoms with Crippen LogP contribution >= 0.6 is 0 Å². The number of nitrogens with one attached hydrogen (secondary N) is 1. The fourth-order valence-electron chi connectivity index (χ4n) is 2.03. The topological polar surface area (TPSA) is 12.0 Å². The molecule has 0 amide bonds. The molecule has 1 heteroatoms. The molecule has 17 heavy (non-hydrogen) atoms. The van der Waals surface area contributed by atoms with E-state index in [0.29, 0.717) is 5.92 Å². The minimum Gasteiger partial charge on any atom is -0.384 e. The van der Waals surface area contributed by atoms with Crippen molar-refractivity contribution in [3.63, 3.8) is 0 Å². The summed E-state index contributed by atoms with van der Waals surface area (Å²) in [5, 5.41) is 3.50. The average Bonchev–Trinajstić information content (AvgIpc) is 2.14. The molecule has 0 aliphatic carbocycles. The van der Waals surface area contributed by atoms with Crippen LogP contribution in [0.2, 0.25) is 0 Å². The first-order valence-corrected chi connectivity index (χ1v) is 6.50. The molecule has 0 aliphatic rings. The summed E-state index contributed by atoms with van der Waals surface area (Å²) in [6, 6.07) is 0. The van der Waals surface area contributed by atoms with Crippen LogP contribution in [0.1, 0.15) is 54.9 Å². The Bertz CT molecular complexity index is 309. The van der Waals surface area contributed by atoms with Gasteiger partial charge in [-0.3, -0.25) is 0 Å². The van der Waals surface area contributed by atoms with Crippen LogP contribution in [0.4, 0.5) is 0 Å². The van der Waals surface area contributed by atoms with E-state index in [0.717, 1.165) is 12.1 Å². The molecule has 0 fully saturated rings. The van der Waals surface area contributed by atoms with Crippen molar-refractivity contribution in [2.24, 2.45) is 5.92 Å². The summed E-state index contributed by atoms with van der Waals surface area (Å²) >= 11 is 0. The summed E-state index contributed by atoms with van der Waals surface area (Å²) < 4.78 is 0. The van der Waals surface area contributed by atoms with Gasteiger partial charge < -0.3 is 5.32 Å². The second-order valence-electron chi connectivity index (χ2n) is 5.82. The van der Waals surface area contributed by atoms with E-state index >= 15 is 0 Å². The quantitative estimate of drug-likeness (QED) is 0.673. The molecule has 0 rings (SSSR count). The molecule has 1 unspecified atom stereocenters. The molecule has 1 nitrogen and oxygen atoms in total. The van der Waals surface area contributed by atoms with Crippen molar-refractivity contribution < 1.29 is 0 Å². The summed E-state index contributed by atoms with van der Waals surface area (Å²) in [4.78, 5) is 0. The minimum atomic E-state index is 0.0766. The summed E-state index contributed by atoms with van der Waals surface area (Å²) in [5.74, 6) is 0.399. The summed E-state index contributed by atoms with van der Waals surface area (Å²) in [6.07, 6.45) is 5.39. The highest BCUT2D eigenvalue weighted by Crippen LogP contribution is 2.26. The molecule has 0 aliphatic heterocycles. The van der Waals surface area contributed by atoms with Gasteiger partial charge in [-0.25, -0.2) is 0 Å². The van der Waals surface area contributed by atoms with Crippen molar-refractivity contribution in [2.45, 2.75) is 60.4 Å². The van der Waals surface area contributed by atoms with Crippen molar-refractivity contribution in [2.75, 3.05) is 0 Å². The van der Waals surface area contributed by atoms with Crippen LogP contribution in [0.25, 0.3) is 0 Å². The highest BCUT2D eigenvalue weighted by molar-refractivity contribution is 5.31. The first-order valence-electron chi connectivity index (χ1n) is 6.50. The van der Waals surface area contributed by atoms with Gasteiger partial charge in [0.1, 0.15) is 0 Å². The average molecular weight is 235 g/mol. The maximum atomic E-state index is 4.22. The fraction of sp³-hybridized carbons (Fsp3) is 0.625. The molecular weight excluding hydrogens is 206 g/mol. The van der Waals surface area contributed by atoms with Crippen LogP contribution in [0.3, 0.4) is 0 Å². The van der Waals surface area contributed by atoms with Crippen molar-refractivity contribution in [1.29, 1.82) is 0 Å². The normalized spacial score (nSPS) is 13.6. The van der Waals surface area contributed by atoms with E-state index in [-0.39, 0.29) is 5.54 Å². The first kappa shape index (κ1) is 16.0. The fourth-order valence-corrected chi connectivity index (χ4v) is 2.03. The lowest BCUT2D eigenvalue weighted by Crippen LogP contribution is -2.37. The van der Waals surface area contributed by atoms with Crippen LogP contribution in [-0.2, 0) is 0 Å². The zero-order valence-electron chi connectivity index (χ0n) is 12.6. The van der Waals surface area contributed by atoms with Crippen molar-refractivity contribution in [3.8, 4) is 0 Å². The Morgan fingerprint density at radius 3 is 2.12 bits per heavy atom. The SMILES string of the molecule is C=C(NC(C)(C)C)C(CC)C(/C=C\C)=C(C)C. The van der Waals surface area contributed by atoms with E-state index in [9.17, 15) is 0 Å². The van der Waals surface area contributed by atoms with Crippen LogP contribution in [0.15, 0.2) is 35.6 Å². The van der Waals surface area contributed by atoms with Gasteiger partial charge >= 0.3 is 0 Å². The van der Waals surface area contributed by atoms with Gasteiger partial charge in [-0.05, 0) is 53.5 Å². The van der Waals surface area contributed by atoms with E-state index in [2.05, 4.69) is 72.5 Å². The number of allylic oxidation sites excluding steroid dienone is 4. The highest BCUT2D eigenvalue weighted by Gasteiger charge is 2.19. The number of hydrogen-bond donors (Lipinski definition) is 1. The van der Waals surface area contributed by atoms with Gasteiger partial charge in [0.25, 0.3) is 0 Å². The summed E-state index contributed by atoms with van der Waals surface area (Å²) in [7, 11) is 0. The van der Waals surface area contributed by atoms with Gasteiger partial charge in [-0.15, -0.1) is 0 Å². The Kier molecular flexibility index (Phi) is 6.30. The Labute approximate surface area is 108 Å². The van der Waals surface area contributed by atoms with Gasteiger partial charge in [-0.2, -0.15) is 0 Å². The largest absolute Gasteiger partial charge is 0.384 e. The third kappa shape index (κ3) is 5.76. The van der Waals surface area contributed by atoms with E-state index in [1.165, 1.54) is 11.1 Å². The van der Waals surface area contributed by atoms with E-state index in [4.69, 9.17) is 0 Å². The summed E-state index contributed by atoms with van der Waals surface area (Å²) in [6.45, 7) is 19.3. The second kappa shape index (κ2) is 6.68. The Hall–Kier alpha value is -0.980. The predicted molar refractivity (Wildman–Crippen MR) is 79.0 cm³/mol. The molecule has 0 radical (unpaired) electrons. The van der Waals surface area contributed by atoms with Crippen molar-refractivity contribution in [3.05, 3.63) is 35.6 Å². The Balaban J connectivity index is 5.07.